The monoisotopic (exact) mass is 424 g/mol. The maximum atomic E-state index is 13.2. The van der Waals surface area contributed by atoms with Gasteiger partial charge in [0.15, 0.2) is 5.78 Å². The van der Waals surface area contributed by atoms with Crippen molar-refractivity contribution in [1.82, 2.24) is 9.36 Å². The molecule has 0 radical (unpaired) electrons. The lowest BCUT2D eigenvalue weighted by Crippen LogP contribution is -2.28. The van der Waals surface area contributed by atoms with Crippen molar-refractivity contribution >= 4 is 33.7 Å². The van der Waals surface area contributed by atoms with Crippen LogP contribution >= 0.6 is 11.3 Å². The lowest BCUT2D eigenvalue weighted by atomic mass is 9.75. The van der Waals surface area contributed by atoms with Crippen LogP contribution in [-0.4, -0.2) is 21.1 Å². The normalized spacial score (nSPS) is 15.1. The molecule has 3 aromatic rings. The van der Waals surface area contributed by atoms with E-state index in [2.05, 4.69) is 5.32 Å². The highest BCUT2D eigenvalue weighted by Crippen LogP contribution is 2.42. The number of nitrogens with one attached hydrogen (secondary N) is 1. The Morgan fingerprint density at radius 3 is 2.50 bits per heavy atom. The molecular formula is C22H24N4O3S. The van der Waals surface area contributed by atoms with E-state index in [1.807, 2.05) is 44.2 Å². The molecule has 0 unspecified atom stereocenters. The van der Waals surface area contributed by atoms with E-state index in [1.165, 1.54) is 4.68 Å². The number of ketones is 1. The number of hydrogen-bond acceptors (Lipinski definition) is 5. The molecule has 0 fully saturated rings. The Morgan fingerprint density at radius 2 is 1.83 bits per heavy atom. The van der Waals surface area contributed by atoms with Gasteiger partial charge in [0.05, 0.1) is 26.8 Å². The van der Waals surface area contributed by atoms with Crippen LogP contribution in [0.3, 0.4) is 0 Å². The summed E-state index contributed by atoms with van der Waals surface area (Å²) < 4.78 is 3.20. The van der Waals surface area contributed by atoms with E-state index in [0.29, 0.717) is 45.2 Å². The molecule has 4 rings (SSSR count). The molecule has 2 aromatic heterocycles. The second-order valence-corrected chi connectivity index (χ2v) is 9.53. The highest BCUT2D eigenvalue weighted by Gasteiger charge is 2.37. The summed E-state index contributed by atoms with van der Waals surface area (Å²) in [6.45, 7) is 5.78. The van der Waals surface area contributed by atoms with Crippen molar-refractivity contribution in [2.24, 2.45) is 12.5 Å². The van der Waals surface area contributed by atoms with E-state index in [1.54, 1.807) is 18.7 Å². The van der Waals surface area contributed by atoms with Crippen molar-refractivity contribution in [1.29, 1.82) is 0 Å². The number of carbonyl (C=O) groups excluding carboxylic acids is 2. The average molecular weight is 425 g/mol. The number of rotatable bonds is 3. The number of para-hydroxylation sites is 1. The SMILES string of the molecule is Cc1c(NC(=O)c2c(N)sc3c2CC(C)(C)CC3=O)c(=O)n(-c2ccccc2)n1C. The Morgan fingerprint density at radius 1 is 1.17 bits per heavy atom. The first kappa shape index (κ1) is 20.2. The minimum atomic E-state index is -0.457. The second kappa shape index (κ2) is 6.98. The molecule has 0 saturated heterocycles. The van der Waals surface area contributed by atoms with Gasteiger partial charge in [0.2, 0.25) is 0 Å². The fourth-order valence-electron chi connectivity index (χ4n) is 4.07. The van der Waals surface area contributed by atoms with Gasteiger partial charge in [0.1, 0.15) is 5.69 Å². The van der Waals surface area contributed by atoms with Crippen molar-refractivity contribution in [3.63, 3.8) is 0 Å². The molecule has 1 aliphatic carbocycles. The summed E-state index contributed by atoms with van der Waals surface area (Å²) in [4.78, 5) is 39.4. The van der Waals surface area contributed by atoms with Crippen molar-refractivity contribution in [3.8, 4) is 5.69 Å². The van der Waals surface area contributed by atoms with Crippen LogP contribution in [0.1, 0.15) is 51.6 Å². The lowest BCUT2D eigenvalue weighted by molar-refractivity contribution is 0.0917. The average Bonchev–Trinajstić information content (AvgIpc) is 3.10. The highest BCUT2D eigenvalue weighted by molar-refractivity contribution is 7.18. The fraction of sp³-hybridized carbons (Fsp3) is 0.318. The van der Waals surface area contributed by atoms with Gasteiger partial charge >= 0.3 is 0 Å². The van der Waals surface area contributed by atoms with Crippen LogP contribution in [0.25, 0.3) is 5.69 Å². The zero-order valence-corrected chi connectivity index (χ0v) is 18.2. The molecule has 2 heterocycles. The van der Waals surface area contributed by atoms with E-state index in [4.69, 9.17) is 5.73 Å². The van der Waals surface area contributed by atoms with Crippen molar-refractivity contribution in [3.05, 3.63) is 62.4 Å². The Balaban J connectivity index is 1.75. The standard InChI is InChI=1S/C22H24N4O3S/c1-12-17(21(29)26(25(12)4)13-8-6-5-7-9-13)24-20(28)16-14-10-22(2,3)11-15(27)18(14)30-19(16)23/h5-9H,10-11,23H2,1-4H3,(H,24,28). The summed E-state index contributed by atoms with van der Waals surface area (Å²) in [5.41, 5.74) is 8.10. The lowest BCUT2D eigenvalue weighted by Gasteiger charge is -2.28. The van der Waals surface area contributed by atoms with Crippen LogP contribution in [0, 0.1) is 12.3 Å². The third kappa shape index (κ3) is 3.17. The summed E-state index contributed by atoms with van der Waals surface area (Å²) in [6, 6.07) is 9.22. The number of hydrogen-bond donors (Lipinski definition) is 2. The van der Waals surface area contributed by atoms with Crippen molar-refractivity contribution < 1.29 is 9.59 Å². The van der Waals surface area contributed by atoms with Crippen LogP contribution in [0.5, 0.6) is 0 Å². The summed E-state index contributed by atoms with van der Waals surface area (Å²) >= 11 is 1.16. The summed E-state index contributed by atoms with van der Waals surface area (Å²) in [5, 5.41) is 3.07. The van der Waals surface area contributed by atoms with Gasteiger partial charge in [-0.1, -0.05) is 32.0 Å². The number of fused-ring (bicyclic) bond motifs is 1. The molecule has 0 aliphatic heterocycles. The van der Waals surface area contributed by atoms with Gasteiger partial charge in [-0.3, -0.25) is 19.1 Å². The van der Waals surface area contributed by atoms with Gasteiger partial charge < -0.3 is 11.1 Å². The number of carbonyl (C=O) groups is 2. The zero-order valence-electron chi connectivity index (χ0n) is 17.4. The number of benzene rings is 1. The maximum absolute atomic E-state index is 13.2. The van der Waals surface area contributed by atoms with Gasteiger partial charge in [-0.05, 0) is 36.5 Å². The smallest absolute Gasteiger partial charge is 0.295 e. The molecule has 1 aliphatic rings. The third-order valence-electron chi connectivity index (χ3n) is 5.60. The second-order valence-electron chi connectivity index (χ2n) is 8.48. The van der Waals surface area contributed by atoms with Crippen LogP contribution in [0.15, 0.2) is 35.1 Å². The first-order valence-electron chi connectivity index (χ1n) is 9.70. The van der Waals surface area contributed by atoms with Crippen LogP contribution in [0.2, 0.25) is 0 Å². The molecule has 8 heteroatoms. The number of nitrogens with two attached hydrogens (primary N) is 1. The highest BCUT2D eigenvalue weighted by atomic mass is 32.1. The molecule has 0 spiro atoms. The first-order chi connectivity index (χ1) is 14.1. The van der Waals surface area contributed by atoms with Crippen LogP contribution < -0.4 is 16.6 Å². The molecular weight excluding hydrogens is 400 g/mol. The topological polar surface area (TPSA) is 99.1 Å². The first-order valence-corrected chi connectivity index (χ1v) is 10.5. The van der Waals surface area contributed by atoms with E-state index >= 15 is 0 Å². The Hall–Kier alpha value is -3.13. The number of nitrogen functional groups attached to an aromatic ring is 1. The van der Waals surface area contributed by atoms with Gasteiger partial charge in [-0.25, -0.2) is 4.68 Å². The third-order valence-corrected chi connectivity index (χ3v) is 6.70. The number of amides is 1. The molecule has 0 bridgehead atoms. The zero-order chi connectivity index (χ0) is 21.8. The van der Waals surface area contributed by atoms with E-state index < -0.39 is 5.91 Å². The van der Waals surface area contributed by atoms with Crippen LogP contribution in [0.4, 0.5) is 10.7 Å². The van der Waals surface area contributed by atoms with E-state index in [0.717, 1.165) is 11.3 Å². The fourth-order valence-corrected chi connectivity index (χ4v) is 5.09. The predicted molar refractivity (Wildman–Crippen MR) is 119 cm³/mol. The Labute approximate surface area is 178 Å². The van der Waals surface area contributed by atoms with E-state index in [9.17, 15) is 14.4 Å². The minimum absolute atomic E-state index is 0.0133. The van der Waals surface area contributed by atoms with Gasteiger partial charge in [-0.15, -0.1) is 11.3 Å². The number of nitrogens with zero attached hydrogens (tertiary/aromatic N) is 2. The predicted octanol–water partition coefficient (Wildman–Crippen LogP) is 3.54. The Kier molecular flexibility index (Phi) is 4.69. The van der Waals surface area contributed by atoms with Crippen molar-refractivity contribution in [2.75, 3.05) is 11.1 Å². The molecule has 30 heavy (non-hydrogen) atoms. The summed E-state index contributed by atoms with van der Waals surface area (Å²) in [5.74, 6) is -0.444. The molecule has 1 aromatic carbocycles. The largest absolute Gasteiger partial charge is 0.390 e. The van der Waals surface area contributed by atoms with Crippen LogP contribution in [-0.2, 0) is 13.5 Å². The molecule has 3 N–H and O–H groups in total. The van der Waals surface area contributed by atoms with Gasteiger partial charge in [0, 0.05) is 13.5 Å². The van der Waals surface area contributed by atoms with Gasteiger partial charge in [-0.2, -0.15) is 0 Å². The van der Waals surface area contributed by atoms with Gasteiger partial charge in [0.25, 0.3) is 11.5 Å². The number of thiophene rings is 1. The minimum Gasteiger partial charge on any atom is -0.390 e. The molecule has 0 atom stereocenters. The molecule has 156 valence electrons. The number of Topliss-reactive ketones (excluding diaryl/α,β-unsaturated/α-hetero) is 1. The summed E-state index contributed by atoms with van der Waals surface area (Å²) in [7, 11) is 1.77. The number of aromatic nitrogens is 2. The molecule has 1 amide bonds. The maximum Gasteiger partial charge on any atom is 0.295 e. The molecule has 0 saturated carbocycles. The van der Waals surface area contributed by atoms with E-state index in [-0.39, 0.29) is 22.4 Å². The number of anilines is 2. The van der Waals surface area contributed by atoms with Crippen molar-refractivity contribution in [2.45, 2.75) is 33.6 Å². The quantitative estimate of drug-likeness (QED) is 0.672. The Bertz CT molecular complexity index is 1230. The molecule has 7 nitrogen and oxygen atoms in total. The summed E-state index contributed by atoms with van der Waals surface area (Å²) in [6.07, 6.45) is 1.02.